The third-order valence-corrected chi connectivity index (χ3v) is 14.2. The van der Waals surface area contributed by atoms with Gasteiger partial charge in [0, 0.05) is 24.6 Å². The molecule has 4 aliphatic rings. The molecule has 3 heterocycles. The number of hydrogen-bond donors (Lipinski definition) is 3. The molecule has 2 saturated carbocycles. The lowest BCUT2D eigenvalue weighted by Gasteiger charge is -2.47. The average Bonchev–Trinajstić information content (AvgIpc) is 4.07. The predicted molar refractivity (Wildman–Crippen MR) is 206 cm³/mol. The van der Waals surface area contributed by atoms with Crippen LogP contribution in [0.15, 0.2) is 36.5 Å². The zero-order valence-electron chi connectivity index (χ0n) is 33.5. The second kappa shape index (κ2) is 15.9. The SMILES string of the molecule is CC[C@@H]1C[C@@H](C)CCC=C[C@@H]2C[C@@]2(C(=O)NS(=O)(=O)C2CC2)NC(=O)[C@@H]2C[C@@H](Oc3ncc(OC)c4ccc(F)cc34)CN2C(=O)[C@H]1N(C(=O)O)C(C)(C)C(C)(F)F. The van der Waals surface area contributed by atoms with Gasteiger partial charge in [-0.25, -0.2) is 31.4 Å². The monoisotopic (exact) mass is 835 g/mol. The number of fused-ring (bicyclic) bond motifs is 3. The molecule has 58 heavy (non-hydrogen) atoms. The molecule has 0 radical (unpaired) electrons. The molecular formula is C40H52F3N5O9S. The molecule has 0 spiro atoms. The summed E-state index contributed by atoms with van der Waals surface area (Å²) < 4.78 is 85.1. The first kappa shape index (κ1) is 43.0. The van der Waals surface area contributed by atoms with E-state index in [2.05, 4.69) is 15.0 Å². The Morgan fingerprint density at radius 3 is 2.47 bits per heavy atom. The van der Waals surface area contributed by atoms with Crippen LogP contribution >= 0.6 is 0 Å². The van der Waals surface area contributed by atoms with E-state index in [-0.39, 0.29) is 49.4 Å². The van der Waals surface area contributed by atoms with Gasteiger partial charge in [-0.1, -0.05) is 32.4 Å². The number of halogens is 3. The molecule has 18 heteroatoms. The van der Waals surface area contributed by atoms with E-state index in [0.29, 0.717) is 48.6 Å². The van der Waals surface area contributed by atoms with Crippen molar-refractivity contribution in [3.8, 4) is 11.6 Å². The Hall–Kier alpha value is -4.61. The Labute approximate surface area is 335 Å². The number of alkyl halides is 2. The topological polar surface area (TPSA) is 185 Å². The van der Waals surface area contributed by atoms with Crippen LogP contribution in [0.2, 0.25) is 0 Å². The number of allylic oxidation sites excluding steroid dienone is 1. The van der Waals surface area contributed by atoms with Crippen LogP contribution in [-0.4, -0.2) is 106 Å². The van der Waals surface area contributed by atoms with Gasteiger partial charge in [-0.05, 0) is 82.4 Å². The maximum atomic E-state index is 15.4. The Bertz CT molecular complexity index is 2090. The van der Waals surface area contributed by atoms with E-state index >= 15 is 13.6 Å². The molecule has 1 saturated heterocycles. The van der Waals surface area contributed by atoms with Crippen molar-refractivity contribution in [1.82, 2.24) is 24.8 Å². The van der Waals surface area contributed by atoms with E-state index in [1.165, 1.54) is 31.5 Å². The van der Waals surface area contributed by atoms with Gasteiger partial charge in [-0.2, -0.15) is 0 Å². The second-order valence-electron chi connectivity index (χ2n) is 16.8. The Kier molecular flexibility index (Phi) is 11.8. The molecule has 3 fully saturated rings. The van der Waals surface area contributed by atoms with E-state index < -0.39 is 91.9 Å². The summed E-state index contributed by atoms with van der Waals surface area (Å²) in [6.07, 6.45) is 4.37. The molecule has 1 aromatic carbocycles. The highest BCUT2D eigenvalue weighted by Gasteiger charge is 2.63. The molecule has 1 aromatic heterocycles. The summed E-state index contributed by atoms with van der Waals surface area (Å²) in [6, 6.07) is 0.754. The summed E-state index contributed by atoms with van der Waals surface area (Å²) in [5.41, 5.74) is -4.09. The molecule has 6 rings (SSSR count). The van der Waals surface area contributed by atoms with Gasteiger partial charge in [0.25, 0.3) is 11.8 Å². The third kappa shape index (κ3) is 8.30. The lowest BCUT2D eigenvalue weighted by molar-refractivity contribution is -0.157. The molecule has 2 aliphatic carbocycles. The maximum Gasteiger partial charge on any atom is 0.408 e. The summed E-state index contributed by atoms with van der Waals surface area (Å²) in [5, 5.41) is 13.4. The van der Waals surface area contributed by atoms with Crippen LogP contribution in [-0.2, 0) is 24.4 Å². The van der Waals surface area contributed by atoms with E-state index in [9.17, 15) is 32.3 Å². The number of pyridine rings is 1. The number of amides is 4. The van der Waals surface area contributed by atoms with Crippen LogP contribution in [0.4, 0.5) is 18.0 Å². The van der Waals surface area contributed by atoms with Crippen LogP contribution in [0.1, 0.15) is 86.0 Å². The highest BCUT2D eigenvalue weighted by atomic mass is 32.2. The van der Waals surface area contributed by atoms with Gasteiger partial charge in [-0.3, -0.25) is 24.0 Å². The van der Waals surface area contributed by atoms with Crippen molar-refractivity contribution < 1.29 is 55.3 Å². The van der Waals surface area contributed by atoms with Crippen LogP contribution in [0.25, 0.3) is 10.8 Å². The van der Waals surface area contributed by atoms with Crippen molar-refractivity contribution in [3.05, 3.63) is 42.4 Å². The smallest absolute Gasteiger partial charge is 0.408 e. The Balaban J connectivity index is 1.45. The van der Waals surface area contributed by atoms with Crippen LogP contribution < -0.4 is 19.5 Å². The number of benzene rings is 1. The Morgan fingerprint density at radius 1 is 1.14 bits per heavy atom. The minimum Gasteiger partial charge on any atom is -0.494 e. The van der Waals surface area contributed by atoms with E-state index in [1.54, 1.807) is 13.0 Å². The zero-order chi connectivity index (χ0) is 42.5. The quantitative estimate of drug-likeness (QED) is 0.262. The summed E-state index contributed by atoms with van der Waals surface area (Å²) >= 11 is 0. The maximum absolute atomic E-state index is 15.4. The van der Waals surface area contributed by atoms with Crippen molar-refractivity contribution >= 4 is 44.6 Å². The molecule has 7 atom stereocenters. The van der Waals surface area contributed by atoms with E-state index in [0.717, 1.165) is 18.7 Å². The van der Waals surface area contributed by atoms with Crippen molar-refractivity contribution in [3.63, 3.8) is 0 Å². The fourth-order valence-corrected chi connectivity index (χ4v) is 9.69. The Morgan fingerprint density at radius 2 is 1.84 bits per heavy atom. The summed E-state index contributed by atoms with van der Waals surface area (Å²) in [4.78, 5) is 62.7. The number of rotatable bonds is 10. The second-order valence-corrected chi connectivity index (χ2v) is 18.8. The normalized spacial score (nSPS) is 28.4. The van der Waals surface area contributed by atoms with Crippen LogP contribution in [0.3, 0.4) is 0 Å². The lowest BCUT2D eigenvalue weighted by Crippen LogP contribution is -2.67. The molecular weight excluding hydrogens is 784 g/mol. The standard InChI is InChI=1S/C40H52F3N5O9S/c1-7-23-16-22(2)10-8-9-11-24-19-40(24,36(51)46-58(54,55)27-13-14-27)45-33(49)30-18-26(57-34-29-17-25(41)12-15-28(29)31(56-6)20-44-34)21-47(30)35(50)32(23)48(37(52)53)38(3,4)39(5,42)43/h9,11-12,15,17,20,22-24,26-27,30,32H,7-8,10,13-14,16,18-19,21H2,1-6H3,(H,45,49)(H,46,51)(H,52,53)/t22-,23+,24+,26+,30-,32-,40+/m0/s1. The van der Waals surface area contributed by atoms with E-state index in [4.69, 9.17) is 9.47 Å². The number of nitrogens with one attached hydrogen (secondary N) is 2. The number of carbonyl (C=O) groups is 4. The van der Waals surface area contributed by atoms with Gasteiger partial charge in [0.2, 0.25) is 27.7 Å². The molecule has 0 bridgehead atoms. The van der Waals surface area contributed by atoms with Gasteiger partial charge in [0.1, 0.15) is 40.8 Å². The first-order valence-corrected chi connectivity index (χ1v) is 21.2. The molecule has 2 aliphatic heterocycles. The predicted octanol–water partition coefficient (Wildman–Crippen LogP) is 5.40. The molecule has 14 nitrogen and oxygen atoms in total. The first-order chi connectivity index (χ1) is 27.1. The van der Waals surface area contributed by atoms with Crippen molar-refractivity contribution in [2.75, 3.05) is 13.7 Å². The summed E-state index contributed by atoms with van der Waals surface area (Å²) in [7, 11) is -2.60. The molecule has 318 valence electrons. The van der Waals surface area contributed by atoms with Crippen LogP contribution in [0, 0.1) is 23.6 Å². The van der Waals surface area contributed by atoms with Crippen LogP contribution in [0.5, 0.6) is 11.6 Å². The lowest BCUT2D eigenvalue weighted by atomic mass is 9.81. The average molecular weight is 836 g/mol. The van der Waals surface area contributed by atoms with Crippen molar-refractivity contribution in [2.45, 2.75) is 126 Å². The molecule has 4 amide bonds. The fraction of sp³-hybridized carbons (Fsp3) is 0.625. The number of sulfonamides is 1. The van der Waals surface area contributed by atoms with Gasteiger partial charge in [0.15, 0.2) is 0 Å². The number of nitrogens with zero attached hydrogens (tertiary/aromatic N) is 3. The van der Waals surface area contributed by atoms with Crippen molar-refractivity contribution in [2.24, 2.45) is 17.8 Å². The van der Waals surface area contributed by atoms with Gasteiger partial charge < -0.3 is 24.8 Å². The van der Waals surface area contributed by atoms with Gasteiger partial charge in [0.05, 0.1) is 30.5 Å². The zero-order valence-corrected chi connectivity index (χ0v) is 34.3. The molecule has 0 unspecified atom stereocenters. The molecule has 3 N–H and O–H groups in total. The highest BCUT2D eigenvalue weighted by Crippen LogP contribution is 2.47. The summed E-state index contributed by atoms with van der Waals surface area (Å²) in [5.74, 6) is -8.13. The number of carboxylic acid groups (broad SMARTS) is 1. The summed E-state index contributed by atoms with van der Waals surface area (Å²) in [6.45, 7) is 6.00. The first-order valence-electron chi connectivity index (χ1n) is 19.7. The van der Waals surface area contributed by atoms with Gasteiger partial charge >= 0.3 is 6.09 Å². The minimum atomic E-state index is -4.02. The largest absolute Gasteiger partial charge is 0.494 e. The number of carbonyl (C=O) groups excluding carboxylic acids is 3. The fourth-order valence-electron chi connectivity index (χ4n) is 8.33. The van der Waals surface area contributed by atoms with Crippen molar-refractivity contribution in [1.29, 1.82) is 0 Å². The van der Waals surface area contributed by atoms with Gasteiger partial charge in [-0.15, -0.1) is 0 Å². The number of methoxy groups -OCH3 is 1. The number of ether oxygens (including phenoxy) is 2. The third-order valence-electron chi connectivity index (χ3n) is 12.4. The number of hydrogen-bond acceptors (Lipinski definition) is 9. The minimum absolute atomic E-state index is 0.0554. The molecule has 2 aromatic rings. The number of aromatic nitrogens is 1. The highest BCUT2D eigenvalue weighted by molar-refractivity contribution is 7.91. The van der Waals surface area contributed by atoms with E-state index in [1.807, 2.05) is 13.0 Å².